The van der Waals surface area contributed by atoms with E-state index in [0.717, 1.165) is 69.8 Å². The van der Waals surface area contributed by atoms with Crippen LogP contribution >= 0.6 is 0 Å². The fourth-order valence-corrected chi connectivity index (χ4v) is 5.07. The summed E-state index contributed by atoms with van der Waals surface area (Å²) in [5.41, 5.74) is 9.88. The van der Waals surface area contributed by atoms with Gasteiger partial charge < -0.3 is 26.4 Å². The second-order valence-corrected chi connectivity index (χ2v) is 9.59. The number of carbonyl (C=O) groups is 2. The van der Waals surface area contributed by atoms with Crippen molar-refractivity contribution in [3.05, 3.63) is 65.9 Å². The number of aromatic nitrogens is 2. The lowest BCUT2D eigenvalue weighted by Gasteiger charge is -2.26. The number of morpholine rings is 1. The van der Waals surface area contributed by atoms with Crippen LogP contribution in [-0.2, 0) is 16.1 Å². The Hall–Kier alpha value is -3.63. The Morgan fingerprint density at radius 2 is 1.92 bits per heavy atom. The monoisotopic (exact) mass is 491 g/mol. The Kier molecular flexibility index (Phi) is 7.06. The summed E-state index contributed by atoms with van der Waals surface area (Å²) in [4.78, 5) is 26.8. The van der Waals surface area contributed by atoms with E-state index in [-0.39, 0.29) is 29.0 Å². The second-order valence-electron chi connectivity index (χ2n) is 9.59. The van der Waals surface area contributed by atoms with Crippen LogP contribution in [0.5, 0.6) is 0 Å². The van der Waals surface area contributed by atoms with E-state index in [1.54, 1.807) is 0 Å². The first-order valence-electron chi connectivity index (χ1n) is 12.5. The van der Waals surface area contributed by atoms with Crippen molar-refractivity contribution in [1.82, 2.24) is 30.6 Å². The van der Waals surface area contributed by atoms with Gasteiger partial charge in [0, 0.05) is 37.4 Å². The lowest BCUT2D eigenvalue weighted by atomic mass is 9.95. The minimum Gasteiger partial charge on any atom is -0.395 e. The number of hydrogen-bond donors (Lipinski definition) is 4. The number of amides is 3. The maximum atomic E-state index is 12.7. The third-order valence-corrected chi connectivity index (χ3v) is 7.19. The van der Waals surface area contributed by atoms with Gasteiger partial charge in [-0.1, -0.05) is 30.8 Å². The molecule has 0 unspecified atom stereocenters. The lowest BCUT2D eigenvalue weighted by molar-refractivity contribution is -0.118. The molecular formula is C26H33N7O3. The maximum Gasteiger partial charge on any atom is 0.323 e. The minimum absolute atomic E-state index is 0.0206. The van der Waals surface area contributed by atoms with E-state index in [1.807, 2.05) is 10.9 Å². The maximum absolute atomic E-state index is 12.7. The number of urea groups is 1. The number of nitrogens with one attached hydrogen (secondary N) is 3. The van der Waals surface area contributed by atoms with E-state index < -0.39 is 6.03 Å². The molecule has 2 fully saturated rings. The highest BCUT2D eigenvalue weighted by Gasteiger charge is 2.30. The first kappa shape index (κ1) is 24.1. The molecule has 3 heterocycles. The molecule has 2 atom stereocenters. The number of ether oxygens (including phenoxy) is 1. The minimum atomic E-state index is -0.508. The Morgan fingerprint density at radius 1 is 1.14 bits per heavy atom. The van der Waals surface area contributed by atoms with Gasteiger partial charge in [-0.25, -0.2) is 4.79 Å². The molecule has 0 radical (unpaired) electrons. The molecule has 2 aromatic rings. The molecule has 1 aromatic heterocycles. The molecule has 3 aliphatic rings. The summed E-state index contributed by atoms with van der Waals surface area (Å²) in [6, 6.07) is 8.15. The molecular weight excluding hydrogens is 458 g/mol. The molecule has 5 rings (SSSR count). The fraction of sp³-hybridized carbons (Fsp3) is 0.423. The Balaban J connectivity index is 1.14. The van der Waals surface area contributed by atoms with Gasteiger partial charge in [0.2, 0.25) is 0 Å². The summed E-state index contributed by atoms with van der Waals surface area (Å²) < 4.78 is 7.42. The average molecular weight is 492 g/mol. The first-order valence-corrected chi connectivity index (χ1v) is 12.5. The normalized spacial score (nSPS) is 22.9. The summed E-state index contributed by atoms with van der Waals surface area (Å²) in [5, 5.41) is 12.5. The Bertz CT molecular complexity index is 1160. The number of nitrogens with zero attached hydrogens (tertiary/aromatic N) is 3. The van der Waals surface area contributed by atoms with E-state index in [1.165, 1.54) is 5.56 Å². The third-order valence-electron chi connectivity index (χ3n) is 7.19. The molecule has 10 heteroatoms. The fourth-order valence-electron chi connectivity index (χ4n) is 5.07. The standard InChI is InChI=1S/C26H33N7O3/c1-17-23(27)24(31-26(35)29-17)25(34)30-22-7-6-20(14-22)18-2-4-19(5-3-18)21-15-28-33(16-21)9-8-32-10-12-36-13-11-32/h2-5,15-16,20,22H,1,6-14,27H2,(H,30,34)(H2,29,31,35)/t20-,22+/m0/s1. The smallest absolute Gasteiger partial charge is 0.323 e. The van der Waals surface area contributed by atoms with E-state index in [2.05, 4.69) is 63.0 Å². The number of rotatable bonds is 7. The van der Waals surface area contributed by atoms with Crippen molar-refractivity contribution >= 4 is 11.9 Å². The van der Waals surface area contributed by atoms with Gasteiger partial charge in [0.05, 0.1) is 37.3 Å². The summed E-state index contributed by atoms with van der Waals surface area (Å²) >= 11 is 0. The number of benzene rings is 1. The van der Waals surface area contributed by atoms with Gasteiger partial charge in [-0.15, -0.1) is 0 Å². The third kappa shape index (κ3) is 5.44. The molecule has 1 aliphatic carbocycles. The van der Waals surface area contributed by atoms with Crippen LogP contribution in [0.4, 0.5) is 4.79 Å². The molecule has 190 valence electrons. The van der Waals surface area contributed by atoms with Gasteiger partial charge in [-0.05, 0) is 36.3 Å². The predicted molar refractivity (Wildman–Crippen MR) is 135 cm³/mol. The van der Waals surface area contributed by atoms with Crippen LogP contribution in [0, 0.1) is 0 Å². The molecule has 3 amide bonds. The van der Waals surface area contributed by atoms with Crippen LogP contribution < -0.4 is 21.7 Å². The lowest BCUT2D eigenvalue weighted by Crippen LogP contribution is -2.48. The van der Waals surface area contributed by atoms with Crippen molar-refractivity contribution in [2.24, 2.45) is 5.73 Å². The zero-order chi connectivity index (χ0) is 25.1. The molecule has 0 bridgehead atoms. The first-order chi connectivity index (χ1) is 17.5. The van der Waals surface area contributed by atoms with Crippen LogP contribution in [0.25, 0.3) is 11.1 Å². The van der Waals surface area contributed by atoms with Crippen LogP contribution in [0.2, 0.25) is 0 Å². The predicted octanol–water partition coefficient (Wildman–Crippen LogP) is 1.63. The van der Waals surface area contributed by atoms with E-state index in [0.29, 0.717) is 5.92 Å². The van der Waals surface area contributed by atoms with Crippen LogP contribution in [0.1, 0.15) is 30.7 Å². The topological polar surface area (TPSA) is 127 Å². The van der Waals surface area contributed by atoms with Crippen molar-refractivity contribution < 1.29 is 14.3 Å². The van der Waals surface area contributed by atoms with Gasteiger partial charge in [0.1, 0.15) is 5.70 Å². The summed E-state index contributed by atoms with van der Waals surface area (Å²) in [6.07, 6.45) is 6.72. The molecule has 1 saturated carbocycles. The largest absolute Gasteiger partial charge is 0.395 e. The molecule has 10 nitrogen and oxygen atoms in total. The highest BCUT2D eigenvalue weighted by Crippen LogP contribution is 2.35. The molecule has 0 spiro atoms. The van der Waals surface area contributed by atoms with Crippen molar-refractivity contribution in [2.75, 3.05) is 32.8 Å². The van der Waals surface area contributed by atoms with E-state index >= 15 is 0 Å². The molecule has 36 heavy (non-hydrogen) atoms. The van der Waals surface area contributed by atoms with Gasteiger partial charge >= 0.3 is 6.03 Å². The number of hydrogen-bond acceptors (Lipinski definition) is 6. The highest BCUT2D eigenvalue weighted by atomic mass is 16.5. The van der Waals surface area contributed by atoms with Crippen molar-refractivity contribution in [1.29, 1.82) is 0 Å². The van der Waals surface area contributed by atoms with E-state index in [9.17, 15) is 9.59 Å². The highest BCUT2D eigenvalue weighted by molar-refractivity contribution is 6.00. The number of nitrogens with two attached hydrogens (primary N) is 1. The zero-order valence-corrected chi connectivity index (χ0v) is 20.3. The Labute approximate surface area is 210 Å². The van der Waals surface area contributed by atoms with Crippen LogP contribution in [0.3, 0.4) is 0 Å². The van der Waals surface area contributed by atoms with Crippen molar-refractivity contribution in [2.45, 2.75) is 37.8 Å². The van der Waals surface area contributed by atoms with E-state index in [4.69, 9.17) is 10.5 Å². The molecule has 2 aliphatic heterocycles. The van der Waals surface area contributed by atoms with Gasteiger partial charge in [-0.2, -0.15) is 5.10 Å². The molecule has 5 N–H and O–H groups in total. The number of carbonyl (C=O) groups excluding carboxylic acids is 2. The molecule has 1 aromatic carbocycles. The summed E-state index contributed by atoms with van der Waals surface area (Å²) in [7, 11) is 0. The summed E-state index contributed by atoms with van der Waals surface area (Å²) in [5.74, 6) is -0.0142. The van der Waals surface area contributed by atoms with Crippen LogP contribution in [0.15, 0.2) is 60.3 Å². The van der Waals surface area contributed by atoms with Gasteiger partial charge in [0.15, 0.2) is 0 Å². The second kappa shape index (κ2) is 10.5. The Morgan fingerprint density at radius 3 is 2.69 bits per heavy atom. The van der Waals surface area contributed by atoms with Crippen molar-refractivity contribution in [3.8, 4) is 11.1 Å². The zero-order valence-electron chi connectivity index (χ0n) is 20.3. The van der Waals surface area contributed by atoms with Gasteiger partial charge in [0.25, 0.3) is 5.91 Å². The van der Waals surface area contributed by atoms with Gasteiger partial charge in [-0.3, -0.25) is 14.4 Å². The average Bonchev–Trinajstić information content (AvgIpc) is 3.56. The van der Waals surface area contributed by atoms with Crippen LogP contribution in [-0.4, -0.2) is 65.5 Å². The SMILES string of the molecule is C=C1NC(=O)NC(C(=O)N[C@@H]2CC[C@H](c3ccc(-c4cnn(CCN5CCOCC5)c4)cc3)C2)=C1N. The quantitative estimate of drug-likeness (QED) is 0.466. The molecule has 1 saturated heterocycles. The van der Waals surface area contributed by atoms with Crippen molar-refractivity contribution in [3.63, 3.8) is 0 Å². The summed E-state index contributed by atoms with van der Waals surface area (Å²) in [6.45, 7) is 9.10.